The summed E-state index contributed by atoms with van der Waals surface area (Å²) in [5.41, 5.74) is 22.2. The number of rotatable bonds is 7. The van der Waals surface area contributed by atoms with Gasteiger partial charge < -0.3 is 14.0 Å². The molecule has 0 aliphatic carbocycles. The van der Waals surface area contributed by atoms with Crippen LogP contribution >= 0.6 is 0 Å². The molecule has 4 heteroatoms. The van der Waals surface area contributed by atoms with Crippen LogP contribution in [-0.4, -0.2) is 15.8 Å². The van der Waals surface area contributed by atoms with Gasteiger partial charge in [0.05, 0.1) is 33.2 Å². The van der Waals surface area contributed by atoms with Gasteiger partial charge in [-0.05, 0) is 176 Å². The Kier molecular flexibility index (Phi) is 12.1. The molecule has 0 amide bonds. The average Bonchev–Trinajstić information content (AvgIpc) is 0.979. The zero-order chi connectivity index (χ0) is 74.9. The van der Waals surface area contributed by atoms with E-state index >= 15 is 0 Å². The minimum Gasteiger partial charge on any atom is -0.310 e. The first-order valence-corrected chi connectivity index (χ1v) is 34.8. The Morgan fingerprint density at radius 1 is 0.290 bits per heavy atom. The number of para-hydroxylation sites is 3. The van der Waals surface area contributed by atoms with Gasteiger partial charge in [0.1, 0.15) is 0 Å². The number of hydrogen-bond acceptors (Lipinski definition) is 1. The van der Waals surface area contributed by atoms with Crippen molar-refractivity contribution in [3.05, 3.63) is 326 Å². The third-order valence-electron chi connectivity index (χ3n) is 21.0. The van der Waals surface area contributed by atoms with Crippen LogP contribution in [0.4, 0.5) is 17.1 Å². The standard InChI is InChI=1S/C96H78BN3/c1-94(2,3)69-47-45-62(46-48-69)67-55-82-76-38-22-20-36-74(76)73-35-19-21-37-75(73)77-39-23-28-44-87(77)99-89-57-68(65-51-70(95(4,5)6)59-71(52-65)96(7,8)9)58-90-91(89)97(84(56-67)93(82)99)83-50-49-72(98-85-42-26-24-40-78(85)79-41-25-27-43-86(79)98)60-88(83)100(90)92-80(63-31-15-11-16-32-63)53-66(61-29-13-10-14-30-61)54-81(92)64-33-17-12-18-34-64/h10-60H,1-9H3/i24D,25D,26D,27D,40D,41D,42D,43D. The van der Waals surface area contributed by atoms with Gasteiger partial charge in [-0.1, -0.05) is 311 Å². The van der Waals surface area contributed by atoms with E-state index in [1.54, 1.807) is 4.57 Å². The summed E-state index contributed by atoms with van der Waals surface area (Å²) in [5.74, 6) is 0. The molecule has 2 aromatic heterocycles. The molecule has 14 aromatic carbocycles. The SMILES string of the molecule is [2H]c1c([2H])c([2H])c2c(c1[2H])c1c([2H])c([2H])c([2H])c([2H])c1n2-c1ccc2c(c1)N(c1c(-c3ccccc3)cc(-c3ccccc3)cc1-c1ccccc1)c1cc(-c3cc(C(C)(C)C)cc(C(C)(C)C)c3)cc3c1B2c1cc(-c2ccc(C(C)(C)C)cc2)cc2c4ccccc4c4ccccc4c4ccccc4n-3c12. The first kappa shape index (κ1) is 52.6. The fraction of sp³-hybridized carbons (Fsp3) is 0.125. The van der Waals surface area contributed by atoms with Crippen molar-refractivity contribution in [3.8, 4) is 67.0 Å². The lowest BCUT2D eigenvalue weighted by atomic mass is 9.33. The first-order valence-electron chi connectivity index (χ1n) is 38.8. The third-order valence-corrected chi connectivity index (χ3v) is 21.0. The maximum absolute atomic E-state index is 9.93. The lowest BCUT2D eigenvalue weighted by Gasteiger charge is -2.43. The number of aromatic nitrogens is 2. The van der Waals surface area contributed by atoms with Crippen molar-refractivity contribution in [3.63, 3.8) is 0 Å². The second kappa shape index (κ2) is 23.1. The van der Waals surface area contributed by atoms with E-state index in [1.807, 2.05) is 6.07 Å². The molecular weight excluding hydrogens is 1210 g/mol. The van der Waals surface area contributed by atoms with Crippen molar-refractivity contribution < 1.29 is 11.0 Å². The highest BCUT2D eigenvalue weighted by Crippen LogP contribution is 2.52. The zero-order valence-electron chi connectivity index (χ0n) is 65.7. The van der Waals surface area contributed by atoms with Crippen LogP contribution in [0.25, 0.3) is 132 Å². The molecule has 480 valence electrons. The number of fused-ring (bicyclic) bond motifs is 14. The Balaban J connectivity index is 1.11. The van der Waals surface area contributed by atoms with Gasteiger partial charge in [0, 0.05) is 60.9 Å². The van der Waals surface area contributed by atoms with Crippen LogP contribution in [0.5, 0.6) is 0 Å². The van der Waals surface area contributed by atoms with Gasteiger partial charge in [-0.2, -0.15) is 0 Å². The highest BCUT2D eigenvalue weighted by molar-refractivity contribution is 7.00. The highest BCUT2D eigenvalue weighted by Gasteiger charge is 2.44. The molecule has 16 aromatic rings. The lowest BCUT2D eigenvalue weighted by Crippen LogP contribution is -2.60. The van der Waals surface area contributed by atoms with Crippen LogP contribution in [-0.2, 0) is 16.2 Å². The Morgan fingerprint density at radius 2 is 0.740 bits per heavy atom. The minimum absolute atomic E-state index is 0.00973. The van der Waals surface area contributed by atoms with E-state index in [1.165, 1.54) is 16.7 Å². The van der Waals surface area contributed by atoms with E-state index in [0.29, 0.717) is 5.69 Å². The van der Waals surface area contributed by atoms with Crippen LogP contribution in [0.3, 0.4) is 0 Å². The molecule has 100 heavy (non-hydrogen) atoms. The summed E-state index contributed by atoms with van der Waals surface area (Å²) in [4.78, 5) is 2.47. The largest absolute Gasteiger partial charge is 0.310 e. The molecule has 0 radical (unpaired) electrons. The van der Waals surface area contributed by atoms with Crippen molar-refractivity contribution in [2.45, 2.75) is 78.6 Å². The number of nitrogens with zero attached hydrogens (tertiary/aromatic N) is 3. The Hall–Kier alpha value is -11.5. The molecule has 0 fully saturated rings. The van der Waals surface area contributed by atoms with Gasteiger partial charge in [0.25, 0.3) is 6.71 Å². The quantitative estimate of drug-likeness (QED) is 0.145. The van der Waals surface area contributed by atoms with Gasteiger partial charge >= 0.3 is 0 Å². The van der Waals surface area contributed by atoms with Gasteiger partial charge in [0.2, 0.25) is 0 Å². The molecule has 0 atom stereocenters. The van der Waals surface area contributed by atoms with E-state index in [-0.39, 0.29) is 50.1 Å². The highest BCUT2D eigenvalue weighted by atomic mass is 15.2. The normalized spacial score (nSPS) is 13.9. The average molecular weight is 1290 g/mol. The molecule has 0 unspecified atom stereocenters. The molecule has 3 nitrogen and oxygen atoms in total. The van der Waals surface area contributed by atoms with Gasteiger partial charge in [-0.3, -0.25) is 0 Å². The number of hydrogen-bond donors (Lipinski definition) is 0. The summed E-state index contributed by atoms with van der Waals surface area (Å²) in [6.07, 6.45) is 0. The first-order chi connectivity index (χ1) is 51.8. The van der Waals surface area contributed by atoms with Crippen LogP contribution in [0, 0.1) is 0 Å². The molecule has 0 N–H and O–H groups in total. The Labute approximate surface area is 598 Å². The van der Waals surface area contributed by atoms with E-state index in [0.717, 1.165) is 138 Å². The van der Waals surface area contributed by atoms with Crippen LogP contribution in [0.1, 0.15) is 90.0 Å². The topological polar surface area (TPSA) is 13.1 Å². The smallest absolute Gasteiger partial charge is 0.252 e. The van der Waals surface area contributed by atoms with E-state index in [2.05, 4.69) is 327 Å². The lowest BCUT2D eigenvalue weighted by molar-refractivity contribution is 0.569. The predicted octanol–water partition coefficient (Wildman–Crippen LogP) is 24.2. The van der Waals surface area contributed by atoms with Crippen molar-refractivity contribution >= 4 is 105 Å². The monoisotopic (exact) mass is 1290 g/mol. The number of benzene rings is 14. The maximum atomic E-state index is 9.93. The van der Waals surface area contributed by atoms with Gasteiger partial charge in [-0.25, -0.2) is 0 Å². The number of anilines is 3. The van der Waals surface area contributed by atoms with Gasteiger partial charge in [-0.15, -0.1) is 0 Å². The molecule has 2 aliphatic rings. The predicted molar refractivity (Wildman–Crippen MR) is 430 cm³/mol. The Bertz CT molecular complexity index is 6410. The van der Waals surface area contributed by atoms with Crippen molar-refractivity contribution in [1.82, 2.24) is 9.13 Å². The second-order valence-corrected chi connectivity index (χ2v) is 30.3. The van der Waals surface area contributed by atoms with E-state index in [4.69, 9.17) is 2.74 Å². The zero-order valence-corrected chi connectivity index (χ0v) is 57.7. The van der Waals surface area contributed by atoms with Crippen LogP contribution in [0.2, 0.25) is 0 Å². The van der Waals surface area contributed by atoms with E-state index in [9.17, 15) is 8.22 Å². The second-order valence-electron chi connectivity index (χ2n) is 30.3. The summed E-state index contributed by atoms with van der Waals surface area (Å²) in [6, 6.07) is 91.9. The minimum atomic E-state index is -0.534. The fourth-order valence-electron chi connectivity index (χ4n) is 15.9. The summed E-state index contributed by atoms with van der Waals surface area (Å²) in [7, 11) is 0. The molecular formula is C96H78BN3. The molecule has 0 saturated carbocycles. The molecule has 18 rings (SSSR count). The summed E-state index contributed by atoms with van der Waals surface area (Å²) >= 11 is 0. The Morgan fingerprint density at radius 3 is 1.30 bits per heavy atom. The maximum Gasteiger partial charge on any atom is 0.252 e. The molecule has 0 saturated heterocycles. The van der Waals surface area contributed by atoms with Crippen molar-refractivity contribution in [2.24, 2.45) is 0 Å². The summed E-state index contributed by atoms with van der Waals surface area (Å²) < 4.78 is 80.4. The van der Waals surface area contributed by atoms with Crippen LogP contribution in [0.15, 0.2) is 309 Å². The van der Waals surface area contributed by atoms with Crippen LogP contribution < -0.4 is 21.3 Å². The van der Waals surface area contributed by atoms with Gasteiger partial charge in [0.15, 0.2) is 0 Å². The molecule has 0 bridgehead atoms. The molecule has 2 aliphatic heterocycles. The summed E-state index contributed by atoms with van der Waals surface area (Å²) in [5, 5.41) is 6.53. The summed E-state index contributed by atoms with van der Waals surface area (Å²) in [6.45, 7) is 20.0. The third kappa shape index (κ3) is 9.93. The van der Waals surface area contributed by atoms with E-state index < -0.39 is 43.0 Å². The van der Waals surface area contributed by atoms with Crippen molar-refractivity contribution in [1.29, 1.82) is 0 Å². The van der Waals surface area contributed by atoms with Crippen molar-refractivity contribution in [2.75, 3.05) is 4.90 Å². The molecule has 4 heterocycles. The molecule has 0 spiro atoms. The fourth-order valence-corrected chi connectivity index (χ4v) is 15.9.